The molecule has 1 amide bonds. The minimum atomic E-state index is -0.389. The van der Waals surface area contributed by atoms with E-state index in [1.165, 1.54) is 12.1 Å². The maximum absolute atomic E-state index is 12.9. The highest BCUT2D eigenvalue weighted by Crippen LogP contribution is 2.17. The Kier molecular flexibility index (Phi) is 2.21. The van der Waals surface area contributed by atoms with Crippen LogP contribution in [0.5, 0.6) is 0 Å². The third kappa shape index (κ3) is 1.61. The second kappa shape index (κ2) is 3.38. The molecule has 4 heteroatoms. The van der Waals surface area contributed by atoms with Gasteiger partial charge in [-0.15, -0.1) is 0 Å². The van der Waals surface area contributed by atoms with E-state index in [4.69, 9.17) is 5.73 Å². The number of carbonyl (C=O) groups excluding carboxylic acids is 1. The molecule has 0 spiro atoms. The van der Waals surface area contributed by atoms with Crippen LogP contribution in [-0.4, -0.2) is 11.9 Å². The van der Waals surface area contributed by atoms with Crippen molar-refractivity contribution in [2.75, 3.05) is 0 Å². The molecule has 14 heavy (non-hydrogen) atoms. The van der Waals surface area contributed by atoms with Gasteiger partial charge in [0.25, 0.3) is 0 Å². The van der Waals surface area contributed by atoms with Gasteiger partial charge in [-0.2, -0.15) is 0 Å². The average molecular weight is 194 g/mol. The monoisotopic (exact) mass is 194 g/mol. The highest BCUT2D eigenvalue weighted by molar-refractivity contribution is 5.80. The molecule has 1 aromatic carbocycles. The Morgan fingerprint density at radius 3 is 3.00 bits per heavy atom. The second-order valence-corrected chi connectivity index (χ2v) is 3.45. The van der Waals surface area contributed by atoms with Crippen molar-refractivity contribution < 1.29 is 9.18 Å². The third-order valence-corrected chi connectivity index (χ3v) is 2.47. The Bertz CT molecular complexity index is 378. The van der Waals surface area contributed by atoms with Crippen molar-refractivity contribution in [3.05, 3.63) is 35.1 Å². The summed E-state index contributed by atoms with van der Waals surface area (Å²) in [7, 11) is 0. The third-order valence-electron chi connectivity index (χ3n) is 2.47. The molecule has 0 fully saturated rings. The Morgan fingerprint density at radius 2 is 2.29 bits per heavy atom. The van der Waals surface area contributed by atoms with Crippen LogP contribution in [0.15, 0.2) is 18.2 Å². The fourth-order valence-corrected chi connectivity index (χ4v) is 1.68. The van der Waals surface area contributed by atoms with Crippen molar-refractivity contribution in [3.63, 3.8) is 0 Å². The molecule has 1 aliphatic heterocycles. The van der Waals surface area contributed by atoms with Gasteiger partial charge in [-0.05, 0) is 29.7 Å². The van der Waals surface area contributed by atoms with Gasteiger partial charge < -0.3 is 11.1 Å². The first-order valence-electron chi connectivity index (χ1n) is 4.47. The molecule has 0 aromatic heterocycles. The standard InChI is InChI=1S/C10H11FN2O/c11-8-2-1-6-5-13-9(10(12)14)4-7(6)3-8/h1-3,9,13H,4-5H2,(H2,12,14)/t9-/m1/s1. The molecule has 3 N–H and O–H groups in total. The predicted octanol–water partition coefficient (Wildman–Crippen LogP) is 0.325. The van der Waals surface area contributed by atoms with Crippen molar-refractivity contribution in [1.82, 2.24) is 5.32 Å². The summed E-state index contributed by atoms with van der Waals surface area (Å²) in [6.45, 7) is 0.573. The second-order valence-electron chi connectivity index (χ2n) is 3.45. The van der Waals surface area contributed by atoms with E-state index >= 15 is 0 Å². The zero-order chi connectivity index (χ0) is 10.1. The Morgan fingerprint density at radius 1 is 1.50 bits per heavy atom. The molecule has 0 saturated heterocycles. The van der Waals surface area contributed by atoms with E-state index < -0.39 is 0 Å². The van der Waals surface area contributed by atoms with E-state index in [9.17, 15) is 9.18 Å². The minimum absolute atomic E-state index is 0.270. The van der Waals surface area contributed by atoms with Crippen LogP contribution in [0.25, 0.3) is 0 Å². The van der Waals surface area contributed by atoms with E-state index in [-0.39, 0.29) is 17.8 Å². The fraction of sp³-hybridized carbons (Fsp3) is 0.300. The first-order valence-corrected chi connectivity index (χ1v) is 4.47. The lowest BCUT2D eigenvalue weighted by atomic mass is 9.95. The first kappa shape index (κ1) is 9.15. The summed E-state index contributed by atoms with van der Waals surface area (Å²) in [4.78, 5) is 10.9. The molecule has 0 bridgehead atoms. The lowest BCUT2D eigenvalue weighted by Gasteiger charge is -2.23. The number of halogens is 1. The van der Waals surface area contributed by atoms with E-state index in [1.54, 1.807) is 6.07 Å². The van der Waals surface area contributed by atoms with Crippen LogP contribution in [0.4, 0.5) is 4.39 Å². The molecular formula is C10H11FN2O. The Balaban J connectivity index is 2.29. The maximum atomic E-state index is 12.9. The molecule has 74 valence electrons. The zero-order valence-corrected chi connectivity index (χ0v) is 7.59. The molecule has 1 heterocycles. The topological polar surface area (TPSA) is 55.1 Å². The van der Waals surface area contributed by atoms with Gasteiger partial charge >= 0.3 is 0 Å². The smallest absolute Gasteiger partial charge is 0.234 e. The normalized spacial score (nSPS) is 20.2. The number of nitrogens with one attached hydrogen (secondary N) is 1. The van der Waals surface area contributed by atoms with Crippen LogP contribution < -0.4 is 11.1 Å². The van der Waals surface area contributed by atoms with Crippen molar-refractivity contribution in [2.24, 2.45) is 5.73 Å². The van der Waals surface area contributed by atoms with Crippen molar-refractivity contribution in [3.8, 4) is 0 Å². The van der Waals surface area contributed by atoms with E-state index in [2.05, 4.69) is 5.32 Å². The molecule has 0 unspecified atom stereocenters. The molecule has 1 aliphatic rings. The van der Waals surface area contributed by atoms with E-state index in [0.717, 1.165) is 11.1 Å². The van der Waals surface area contributed by atoms with Gasteiger partial charge in [-0.1, -0.05) is 6.07 Å². The van der Waals surface area contributed by atoms with Crippen LogP contribution in [-0.2, 0) is 17.8 Å². The number of carbonyl (C=O) groups is 1. The number of benzene rings is 1. The van der Waals surface area contributed by atoms with Gasteiger partial charge in [0.05, 0.1) is 6.04 Å². The average Bonchev–Trinajstić information content (AvgIpc) is 2.16. The van der Waals surface area contributed by atoms with Gasteiger partial charge in [0.15, 0.2) is 0 Å². The molecule has 0 saturated carbocycles. The summed E-state index contributed by atoms with van der Waals surface area (Å²) in [6.07, 6.45) is 0.475. The summed E-state index contributed by atoms with van der Waals surface area (Å²) in [5.74, 6) is -0.659. The summed E-state index contributed by atoms with van der Waals surface area (Å²) in [6, 6.07) is 4.25. The number of rotatable bonds is 1. The molecular weight excluding hydrogens is 183 g/mol. The lowest BCUT2D eigenvalue weighted by Crippen LogP contribution is -2.45. The molecule has 2 rings (SSSR count). The summed E-state index contributed by atoms with van der Waals surface area (Å²) in [5.41, 5.74) is 7.07. The largest absolute Gasteiger partial charge is 0.368 e. The van der Waals surface area contributed by atoms with Crippen LogP contribution >= 0.6 is 0 Å². The summed E-state index contributed by atoms with van der Waals surface area (Å²) >= 11 is 0. The molecule has 0 radical (unpaired) electrons. The first-order chi connectivity index (χ1) is 6.66. The number of fused-ring (bicyclic) bond motifs is 1. The van der Waals surface area contributed by atoms with Crippen molar-refractivity contribution >= 4 is 5.91 Å². The fourth-order valence-electron chi connectivity index (χ4n) is 1.68. The van der Waals surface area contributed by atoms with E-state index in [1.807, 2.05) is 0 Å². The van der Waals surface area contributed by atoms with Crippen molar-refractivity contribution in [2.45, 2.75) is 19.0 Å². The zero-order valence-electron chi connectivity index (χ0n) is 7.59. The maximum Gasteiger partial charge on any atom is 0.234 e. The number of hydrogen-bond donors (Lipinski definition) is 2. The molecule has 1 aromatic rings. The Labute approximate surface area is 81.1 Å². The Hall–Kier alpha value is -1.42. The number of amides is 1. The summed E-state index contributed by atoms with van der Waals surface area (Å²) in [5, 5.41) is 3.00. The molecule has 3 nitrogen and oxygen atoms in total. The number of hydrogen-bond acceptors (Lipinski definition) is 2. The van der Waals surface area contributed by atoms with Gasteiger partial charge in [0, 0.05) is 6.54 Å². The van der Waals surface area contributed by atoms with Crippen LogP contribution in [0.1, 0.15) is 11.1 Å². The molecule has 1 atom stereocenters. The predicted molar refractivity (Wildman–Crippen MR) is 49.9 cm³/mol. The van der Waals surface area contributed by atoms with Crippen molar-refractivity contribution in [1.29, 1.82) is 0 Å². The van der Waals surface area contributed by atoms with E-state index in [0.29, 0.717) is 13.0 Å². The quantitative estimate of drug-likeness (QED) is 0.676. The summed E-state index contributed by atoms with van der Waals surface area (Å²) < 4.78 is 12.9. The van der Waals surface area contributed by atoms with Gasteiger partial charge in [0.1, 0.15) is 5.82 Å². The van der Waals surface area contributed by atoms with Crippen LogP contribution in [0, 0.1) is 5.82 Å². The minimum Gasteiger partial charge on any atom is -0.368 e. The number of primary amides is 1. The molecule has 0 aliphatic carbocycles. The highest BCUT2D eigenvalue weighted by Gasteiger charge is 2.21. The SMILES string of the molecule is NC(=O)[C@H]1Cc2cc(F)ccc2CN1. The van der Waals surface area contributed by atoms with Gasteiger partial charge in [0.2, 0.25) is 5.91 Å². The number of nitrogens with two attached hydrogens (primary N) is 1. The highest BCUT2D eigenvalue weighted by atomic mass is 19.1. The van der Waals surface area contributed by atoms with Gasteiger partial charge in [-0.25, -0.2) is 4.39 Å². The van der Waals surface area contributed by atoms with Crippen LogP contribution in [0.3, 0.4) is 0 Å². The van der Waals surface area contributed by atoms with Gasteiger partial charge in [-0.3, -0.25) is 4.79 Å². The van der Waals surface area contributed by atoms with Crippen LogP contribution in [0.2, 0.25) is 0 Å². The lowest BCUT2D eigenvalue weighted by molar-refractivity contribution is -0.120.